The zero-order valence-corrected chi connectivity index (χ0v) is 20.8. The van der Waals surface area contributed by atoms with Gasteiger partial charge >= 0.3 is 0 Å². The van der Waals surface area contributed by atoms with Crippen LogP contribution >= 0.6 is 0 Å². The van der Waals surface area contributed by atoms with Crippen molar-refractivity contribution in [3.8, 4) is 5.82 Å². The summed E-state index contributed by atoms with van der Waals surface area (Å²) in [5.74, 6) is 1.03. The summed E-state index contributed by atoms with van der Waals surface area (Å²) in [6.07, 6.45) is 6.10. The third-order valence-corrected chi connectivity index (χ3v) is 6.76. The number of pyridine rings is 1. The van der Waals surface area contributed by atoms with Gasteiger partial charge in [0.25, 0.3) is 0 Å². The molecule has 10 heteroatoms. The maximum atomic E-state index is 13.2. The van der Waals surface area contributed by atoms with Gasteiger partial charge in [-0.15, -0.1) is 0 Å². The van der Waals surface area contributed by atoms with Crippen LogP contribution in [0.15, 0.2) is 42.9 Å². The molecule has 4 aromatic rings. The second-order valence-electron chi connectivity index (χ2n) is 9.99. The van der Waals surface area contributed by atoms with Crippen LogP contribution in [-0.2, 0) is 11.2 Å². The second-order valence-corrected chi connectivity index (χ2v) is 9.99. The Balaban J connectivity index is 1.20. The van der Waals surface area contributed by atoms with Gasteiger partial charge in [0.15, 0.2) is 11.6 Å². The van der Waals surface area contributed by atoms with Gasteiger partial charge in [0, 0.05) is 35.3 Å². The van der Waals surface area contributed by atoms with E-state index >= 15 is 0 Å². The highest BCUT2D eigenvalue weighted by Crippen LogP contribution is 2.50. The van der Waals surface area contributed by atoms with Crippen molar-refractivity contribution >= 4 is 5.91 Å². The number of aromatic nitrogens is 7. The fraction of sp³-hybridized carbons (Fsp3) is 0.385. The van der Waals surface area contributed by atoms with Crippen molar-refractivity contribution in [1.82, 2.24) is 40.2 Å². The summed E-state index contributed by atoms with van der Waals surface area (Å²) in [6.45, 7) is 7.86. The summed E-state index contributed by atoms with van der Waals surface area (Å²) in [5, 5.41) is 14.3. The van der Waals surface area contributed by atoms with Crippen molar-refractivity contribution in [3.63, 3.8) is 0 Å². The highest BCUT2D eigenvalue weighted by molar-refractivity contribution is 5.84. The maximum absolute atomic E-state index is 13.2. The number of H-pyrrole nitrogens is 1. The van der Waals surface area contributed by atoms with E-state index in [9.17, 15) is 9.18 Å². The normalized spacial score (nSPS) is 20.1. The van der Waals surface area contributed by atoms with E-state index in [4.69, 9.17) is 4.98 Å². The van der Waals surface area contributed by atoms with Crippen LogP contribution in [0.1, 0.15) is 72.8 Å². The number of hydrogen-bond donors (Lipinski definition) is 2. The summed E-state index contributed by atoms with van der Waals surface area (Å²) in [4.78, 5) is 26.9. The molecular formula is C26H29FN8O. The average Bonchev–Trinajstić information content (AvgIpc) is 3.44. The Labute approximate surface area is 208 Å². The molecule has 9 nitrogen and oxygen atoms in total. The quantitative estimate of drug-likeness (QED) is 0.408. The Kier molecular flexibility index (Phi) is 6.11. The number of nitrogens with zero attached hydrogens (tertiary/aromatic N) is 6. The van der Waals surface area contributed by atoms with Crippen LogP contribution in [0.25, 0.3) is 5.82 Å². The van der Waals surface area contributed by atoms with Gasteiger partial charge in [0.2, 0.25) is 5.91 Å². The molecule has 0 spiro atoms. The van der Waals surface area contributed by atoms with Crippen molar-refractivity contribution in [2.75, 3.05) is 0 Å². The van der Waals surface area contributed by atoms with Crippen LogP contribution in [0.2, 0.25) is 0 Å². The lowest BCUT2D eigenvalue weighted by Crippen LogP contribution is -2.47. The number of carbonyl (C=O) groups is 1. The molecule has 1 aliphatic rings. The van der Waals surface area contributed by atoms with Crippen molar-refractivity contribution < 1.29 is 9.18 Å². The number of hydrogen-bond acceptors (Lipinski definition) is 6. The predicted molar refractivity (Wildman–Crippen MR) is 131 cm³/mol. The fourth-order valence-corrected chi connectivity index (χ4v) is 4.75. The molecule has 0 radical (unpaired) electrons. The first-order chi connectivity index (χ1) is 17.2. The summed E-state index contributed by atoms with van der Waals surface area (Å²) >= 11 is 0. The van der Waals surface area contributed by atoms with Gasteiger partial charge in [-0.3, -0.25) is 9.89 Å². The molecule has 4 heterocycles. The van der Waals surface area contributed by atoms with E-state index < -0.39 is 11.2 Å². The number of aryl methyl sites for hydroxylation is 2. The number of carbonyl (C=O) groups excluding carboxylic acids is 1. The van der Waals surface area contributed by atoms with E-state index in [-0.39, 0.29) is 17.9 Å². The minimum Gasteiger partial charge on any atom is -0.349 e. The maximum Gasteiger partial charge on any atom is 0.226 e. The highest BCUT2D eigenvalue weighted by Gasteiger charge is 2.48. The molecule has 36 heavy (non-hydrogen) atoms. The topological polar surface area (TPSA) is 114 Å². The summed E-state index contributed by atoms with van der Waals surface area (Å²) in [5.41, 5.74) is 4.20. The third kappa shape index (κ3) is 4.89. The first-order valence-corrected chi connectivity index (χ1v) is 12.0. The number of aromatic amines is 1. The van der Waals surface area contributed by atoms with Gasteiger partial charge in [-0.2, -0.15) is 10.2 Å². The molecular weight excluding hydrogens is 459 g/mol. The Morgan fingerprint density at radius 3 is 2.67 bits per heavy atom. The lowest BCUT2D eigenvalue weighted by molar-refractivity contribution is -0.136. The minimum atomic E-state index is -0.481. The van der Waals surface area contributed by atoms with Crippen LogP contribution in [-0.4, -0.2) is 40.8 Å². The monoisotopic (exact) mass is 488 g/mol. The van der Waals surface area contributed by atoms with Gasteiger partial charge in [-0.25, -0.2) is 24.0 Å². The molecule has 1 saturated carbocycles. The number of nitrogens with one attached hydrogen (secondary N) is 2. The molecule has 186 valence electrons. The van der Waals surface area contributed by atoms with Crippen LogP contribution in [0.4, 0.5) is 4.39 Å². The minimum absolute atomic E-state index is 0.00403. The number of halogens is 1. The predicted octanol–water partition coefficient (Wildman–Crippen LogP) is 3.89. The SMILES string of the molecule is Cc1cc(Cc2cc(C)[nH]n2)nc(C2CC(C)(C(=O)N[C@@H](C)c3ccc(-n4cc(F)cn4)nc3)C2)n1. The number of rotatable bonds is 7. The van der Waals surface area contributed by atoms with E-state index in [2.05, 4.69) is 30.6 Å². The van der Waals surface area contributed by atoms with E-state index in [1.165, 1.54) is 10.9 Å². The molecule has 2 N–H and O–H groups in total. The lowest BCUT2D eigenvalue weighted by atomic mass is 9.62. The first-order valence-electron chi connectivity index (χ1n) is 12.0. The van der Waals surface area contributed by atoms with Crippen molar-refractivity contribution in [1.29, 1.82) is 0 Å². The fourth-order valence-electron chi connectivity index (χ4n) is 4.75. The van der Waals surface area contributed by atoms with Crippen LogP contribution < -0.4 is 5.32 Å². The average molecular weight is 489 g/mol. The number of amides is 1. The van der Waals surface area contributed by atoms with Gasteiger partial charge in [-0.1, -0.05) is 13.0 Å². The van der Waals surface area contributed by atoms with Crippen LogP contribution in [0.5, 0.6) is 0 Å². The van der Waals surface area contributed by atoms with Crippen LogP contribution in [0.3, 0.4) is 0 Å². The summed E-state index contributed by atoms with van der Waals surface area (Å²) < 4.78 is 14.6. The van der Waals surface area contributed by atoms with Gasteiger partial charge in [-0.05, 0) is 57.4 Å². The molecule has 0 aromatic carbocycles. The van der Waals surface area contributed by atoms with E-state index in [1.54, 1.807) is 12.3 Å². The van der Waals surface area contributed by atoms with E-state index in [1.807, 2.05) is 45.9 Å². The molecule has 5 rings (SSSR count). The van der Waals surface area contributed by atoms with Crippen molar-refractivity contribution in [2.45, 2.75) is 58.9 Å². The van der Waals surface area contributed by atoms with Crippen molar-refractivity contribution in [3.05, 3.63) is 82.8 Å². The Morgan fingerprint density at radius 2 is 2.03 bits per heavy atom. The Hall–Kier alpha value is -3.95. The summed E-state index contributed by atoms with van der Waals surface area (Å²) in [6, 6.07) is 7.40. The smallest absolute Gasteiger partial charge is 0.226 e. The van der Waals surface area contributed by atoms with E-state index in [0.717, 1.165) is 40.4 Å². The summed E-state index contributed by atoms with van der Waals surface area (Å²) in [7, 11) is 0. The van der Waals surface area contributed by atoms with Gasteiger partial charge in [0.05, 0.1) is 29.8 Å². The largest absolute Gasteiger partial charge is 0.349 e. The van der Waals surface area contributed by atoms with Gasteiger partial charge in [0.1, 0.15) is 5.82 Å². The molecule has 1 fully saturated rings. The second kappa shape index (κ2) is 9.25. The third-order valence-electron chi connectivity index (χ3n) is 6.76. The van der Waals surface area contributed by atoms with Gasteiger partial charge < -0.3 is 5.32 Å². The van der Waals surface area contributed by atoms with E-state index in [0.29, 0.717) is 25.1 Å². The first kappa shape index (κ1) is 23.8. The molecule has 0 saturated heterocycles. The zero-order chi connectivity index (χ0) is 25.4. The molecule has 4 aromatic heterocycles. The standard InChI is InChI=1S/C26H29FN8O/c1-15-7-21(9-22-8-16(2)33-34-22)32-24(30-15)19-10-26(4,11-19)25(36)31-17(3)18-5-6-23(28-12-18)35-14-20(27)13-29-35/h5-8,12-14,17,19H,9-11H2,1-4H3,(H,31,36)(H,33,34)/t17-,19?,26?/m0/s1. The zero-order valence-electron chi connectivity index (χ0n) is 20.8. The Morgan fingerprint density at radius 1 is 1.22 bits per heavy atom. The molecule has 0 aliphatic heterocycles. The molecule has 0 bridgehead atoms. The Bertz CT molecular complexity index is 1390. The molecule has 1 atom stereocenters. The lowest BCUT2D eigenvalue weighted by Gasteiger charge is -2.43. The van der Waals surface area contributed by atoms with Crippen LogP contribution in [0, 0.1) is 25.1 Å². The van der Waals surface area contributed by atoms with Crippen molar-refractivity contribution in [2.24, 2.45) is 5.41 Å². The molecule has 0 unspecified atom stereocenters. The highest BCUT2D eigenvalue weighted by atomic mass is 19.1. The molecule has 1 aliphatic carbocycles. The molecule has 1 amide bonds.